The number of hydrogen-bond acceptors (Lipinski definition) is 4. The number of nitrogens with one attached hydrogen (secondary N) is 3. The van der Waals surface area contributed by atoms with Crippen molar-refractivity contribution in [3.05, 3.63) is 49.1 Å². The molecule has 1 aliphatic rings. The Morgan fingerprint density at radius 1 is 1.00 bits per heavy atom. The molecule has 3 N–H and O–H groups in total. The van der Waals surface area contributed by atoms with Crippen LogP contribution in [-0.2, 0) is 0 Å². The average Bonchev–Trinajstić information content (AvgIpc) is 3.02. The zero-order chi connectivity index (χ0) is 24.1. The maximum Gasteiger partial charge on any atom is 0.0920 e. The van der Waals surface area contributed by atoms with E-state index in [4.69, 9.17) is 0 Å². The summed E-state index contributed by atoms with van der Waals surface area (Å²) >= 11 is 0. The van der Waals surface area contributed by atoms with Crippen LogP contribution in [0.15, 0.2) is 49.1 Å². The molecule has 0 amide bonds. The number of hydrogen-bond donors (Lipinski definition) is 3. The number of likely N-dealkylation sites (tertiary alicyclic amines) is 1. The second-order valence-corrected chi connectivity index (χ2v) is 11.7. The second kappa shape index (κ2) is 10.7. The SMILES string of the molecule is C=C(CCC(NC(=C)NC(C(=C)N1C[C@H](C)CC1C(=C)C)C(C)(C)C)C(C)(C)C)NC. The molecule has 0 spiro atoms. The fourth-order valence-corrected chi connectivity index (χ4v) is 4.39. The van der Waals surface area contributed by atoms with Gasteiger partial charge in [-0.3, -0.25) is 0 Å². The summed E-state index contributed by atoms with van der Waals surface area (Å²) in [6, 6.07) is 0.722. The van der Waals surface area contributed by atoms with Crippen molar-refractivity contribution in [1.29, 1.82) is 0 Å². The van der Waals surface area contributed by atoms with Crippen LogP contribution >= 0.6 is 0 Å². The molecular formula is C27H50N4. The summed E-state index contributed by atoms with van der Waals surface area (Å²) in [6.45, 7) is 36.3. The van der Waals surface area contributed by atoms with Gasteiger partial charge in [0.15, 0.2) is 0 Å². The Morgan fingerprint density at radius 3 is 2.03 bits per heavy atom. The summed E-state index contributed by atoms with van der Waals surface area (Å²) in [5.41, 5.74) is 3.49. The van der Waals surface area contributed by atoms with E-state index < -0.39 is 0 Å². The fraction of sp³-hybridized carbons (Fsp3) is 0.704. The highest BCUT2D eigenvalue weighted by molar-refractivity contribution is 5.20. The highest BCUT2D eigenvalue weighted by Gasteiger charge is 2.37. The first-order valence-electron chi connectivity index (χ1n) is 11.8. The van der Waals surface area contributed by atoms with Gasteiger partial charge in [-0.2, -0.15) is 0 Å². The topological polar surface area (TPSA) is 39.3 Å². The highest BCUT2D eigenvalue weighted by atomic mass is 15.2. The lowest BCUT2D eigenvalue weighted by Gasteiger charge is -2.42. The van der Waals surface area contributed by atoms with Gasteiger partial charge in [0.25, 0.3) is 0 Å². The number of nitrogens with zero attached hydrogens (tertiary/aromatic N) is 1. The van der Waals surface area contributed by atoms with Gasteiger partial charge in [0.05, 0.1) is 11.9 Å². The van der Waals surface area contributed by atoms with Gasteiger partial charge in [-0.25, -0.2) is 0 Å². The third-order valence-electron chi connectivity index (χ3n) is 6.45. The lowest BCUT2D eigenvalue weighted by molar-refractivity contribution is 0.224. The van der Waals surface area contributed by atoms with Crippen molar-refractivity contribution in [2.75, 3.05) is 13.6 Å². The van der Waals surface area contributed by atoms with E-state index in [1.165, 1.54) is 5.57 Å². The van der Waals surface area contributed by atoms with Crippen LogP contribution in [0.5, 0.6) is 0 Å². The Kier molecular flexibility index (Phi) is 9.34. The molecule has 0 bridgehead atoms. The van der Waals surface area contributed by atoms with Crippen molar-refractivity contribution < 1.29 is 0 Å². The van der Waals surface area contributed by atoms with Crippen LogP contribution in [0.1, 0.15) is 74.7 Å². The molecule has 0 aliphatic carbocycles. The molecule has 0 aromatic rings. The van der Waals surface area contributed by atoms with Crippen LogP contribution in [0.4, 0.5) is 0 Å². The van der Waals surface area contributed by atoms with Gasteiger partial charge in [-0.15, -0.1) is 0 Å². The van der Waals surface area contributed by atoms with E-state index in [1.54, 1.807) is 0 Å². The van der Waals surface area contributed by atoms with Gasteiger partial charge < -0.3 is 20.9 Å². The van der Waals surface area contributed by atoms with Crippen molar-refractivity contribution in [1.82, 2.24) is 20.9 Å². The molecule has 4 nitrogen and oxygen atoms in total. The van der Waals surface area contributed by atoms with E-state index in [0.29, 0.717) is 12.0 Å². The van der Waals surface area contributed by atoms with Crippen molar-refractivity contribution >= 4 is 0 Å². The Hall–Kier alpha value is -1.84. The molecule has 31 heavy (non-hydrogen) atoms. The molecular weight excluding hydrogens is 380 g/mol. The summed E-state index contributed by atoms with van der Waals surface area (Å²) in [4.78, 5) is 2.46. The van der Waals surface area contributed by atoms with Gasteiger partial charge in [0.1, 0.15) is 0 Å². The molecule has 1 fully saturated rings. The van der Waals surface area contributed by atoms with Crippen molar-refractivity contribution in [3.63, 3.8) is 0 Å². The maximum absolute atomic E-state index is 4.56. The highest BCUT2D eigenvalue weighted by Crippen LogP contribution is 2.35. The quantitative estimate of drug-likeness (QED) is 0.363. The average molecular weight is 431 g/mol. The number of allylic oxidation sites excluding steroid dienone is 1. The van der Waals surface area contributed by atoms with Gasteiger partial charge in [-0.05, 0) is 42.9 Å². The van der Waals surface area contributed by atoms with Gasteiger partial charge in [0, 0.05) is 37.1 Å². The fourth-order valence-electron chi connectivity index (χ4n) is 4.39. The monoisotopic (exact) mass is 430 g/mol. The predicted octanol–water partition coefficient (Wildman–Crippen LogP) is 5.78. The van der Waals surface area contributed by atoms with Gasteiger partial charge in [0.2, 0.25) is 0 Å². The van der Waals surface area contributed by atoms with E-state index in [1.807, 2.05) is 7.05 Å². The van der Waals surface area contributed by atoms with Gasteiger partial charge >= 0.3 is 0 Å². The molecule has 3 unspecified atom stereocenters. The van der Waals surface area contributed by atoms with E-state index in [0.717, 1.165) is 43.0 Å². The number of rotatable bonds is 11. The minimum atomic E-state index is -0.00913. The minimum absolute atomic E-state index is 0.00913. The largest absolute Gasteiger partial charge is 0.392 e. The molecule has 0 aromatic heterocycles. The molecule has 4 heteroatoms. The lowest BCUT2D eigenvalue weighted by atomic mass is 9.83. The van der Waals surface area contributed by atoms with Crippen LogP contribution in [-0.4, -0.2) is 36.6 Å². The predicted molar refractivity (Wildman–Crippen MR) is 138 cm³/mol. The van der Waals surface area contributed by atoms with Crippen molar-refractivity contribution in [2.24, 2.45) is 16.7 Å². The second-order valence-electron chi connectivity index (χ2n) is 11.7. The summed E-state index contributed by atoms with van der Waals surface area (Å²) in [5, 5.41) is 10.5. The Bertz CT molecular complexity index is 662. The summed E-state index contributed by atoms with van der Waals surface area (Å²) in [6.07, 6.45) is 3.07. The van der Waals surface area contributed by atoms with Crippen LogP contribution < -0.4 is 16.0 Å². The lowest BCUT2D eigenvalue weighted by Crippen LogP contribution is -2.51. The normalized spacial score (nSPS) is 21.3. The van der Waals surface area contributed by atoms with E-state index in [-0.39, 0.29) is 22.9 Å². The molecule has 1 rings (SSSR count). The maximum atomic E-state index is 4.56. The first kappa shape index (κ1) is 27.2. The Labute approximate surface area is 193 Å². The van der Waals surface area contributed by atoms with Crippen LogP contribution in [0.3, 0.4) is 0 Å². The van der Waals surface area contributed by atoms with Crippen LogP contribution in [0.25, 0.3) is 0 Å². The molecule has 4 atom stereocenters. The van der Waals surface area contributed by atoms with Gasteiger partial charge in [-0.1, -0.05) is 80.4 Å². The zero-order valence-corrected chi connectivity index (χ0v) is 21.9. The summed E-state index contributed by atoms with van der Waals surface area (Å²) in [5.74, 6) is 1.50. The third kappa shape index (κ3) is 7.97. The first-order chi connectivity index (χ1) is 14.1. The smallest absolute Gasteiger partial charge is 0.0920 e. The van der Waals surface area contributed by atoms with Crippen LogP contribution in [0, 0.1) is 16.7 Å². The molecule has 1 heterocycles. The molecule has 1 aliphatic heterocycles. The van der Waals surface area contributed by atoms with E-state index in [2.05, 4.69) is 103 Å². The Balaban J connectivity index is 2.98. The zero-order valence-electron chi connectivity index (χ0n) is 21.9. The first-order valence-corrected chi connectivity index (χ1v) is 11.8. The molecule has 0 saturated carbocycles. The summed E-state index contributed by atoms with van der Waals surface area (Å²) < 4.78 is 0. The molecule has 1 saturated heterocycles. The standard InChI is InChI=1S/C27H50N4/c1-18(2)23-16-19(3)17-31(23)21(5)25(27(10,11)12)30-22(6)29-24(26(7,8)9)15-14-20(4)28-13/h19,23-25,28-30H,1,4-6,14-17H2,2-3,7-13H3/t19-,23?,24?,25?/m1/s1. The molecule has 0 aromatic carbocycles. The van der Waals surface area contributed by atoms with Crippen LogP contribution in [0.2, 0.25) is 0 Å². The Morgan fingerprint density at radius 2 is 1.58 bits per heavy atom. The molecule has 0 radical (unpaired) electrons. The third-order valence-corrected chi connectivity index (χ3v) is 6.45. The minimum Gasteiger partial charge on any atom is -0.392 e. The molecule has 178 valence electrons. The summed E-state index contributed by atoms with van der Waals surface area (Å²) in [7, 11) is 1.93. The van der Waals surface area contributed by atoms with Crippen molar-refractivity contribution in [2.45, 2.75) is 92.8 Å². The van der Waals surface area contributed by atoms with Crippen molar-refractivity contribution in [3.8, 4) is 0 Å². The van der Waals surface area contributed by atoms with E-state index >= 15 is 0 Å². The van der Waals surface area contributed by atoms with E-state index in [9.17, 15) is 0 Å².